The number of primary amides is 1. The molecule has 5 heteroatoms. The molecule has 1 aromatic carbocycles. The topological polar surface area (TPSA) is 81.6 Å². The molecular formula is C14H23N3O2. The minimum absolute atomic E-state index is 0.238. The van der Waals surface area contributed by atoms with Gasteiger partial charge in [0.25, 0.3) is 0 Å². The summed E-state index contributed by atoms with van der Waals surface area (Å²) in [4.78, 5) is 13.0. The minimum atomic E-state index is -0.634. The number of ether oxygens (including phenoxy) is 1. The predicted octanol–water partition coefficient (Wildman–Crippen LogP) is 0.371. The lowest BCUT2D eigenvalue weighted by atomic mass is 10.0. The molecule has 1 aromatic rings. The summed E-state index contributed by atoms with van der Waals surface area (Å²) in [6.07, 6.45) is 0.825. The van der Waals surface area contributed by atoms with E-state index >= 15 is 0 Å². The van der Waals surface area contributed by atoms with Crippen LogP contribution in [-0.2, 0) is 11.2 Å². The van der Waals surface area contributed by atoms with E-state index < -0.39 is 11.9 Å². The van der Waals surface area contributed by atoms with E-state index in [2.05, 4.69) is 6.92 Å². The average Bonchev–Trinajstić information content (AvgIpc) is 2.38. The second-order valence-electron chi connectivity index (χ2n) is 4.81. The number of hydrogen-bond donors (Lipinski definition) is 2. The molecule has 2 atom stereocenters. The van der Waals surface area contributed by atoms with Crippen molar-refractivity contribution in [1.29, 1.82) is 0 Å². The molecule has 2 unspecified atom stereocenters. The summed E-state index contributed by atoms with van der Waals surface area (Å²) in [5, 5.41) is 0. The quantitative estimate of drug-likeness (QED) is 0.746. The van der Waals surface area contributed by atoms with Gasteiger partial charge in [0, 0.05) is 12.6 Å². The zero-order valence-electron chi connectivity index (χ0n) is 11.8. The van der Waals surface area contributed by atoms with Crippen LogP contribution in [0, 0.1) is 0 Å². The number of likely N-dealkylation sites (N-methyl/N-ethyl adjacent to an activating group) is 1. The third-order valence-corrected chi connectivity index (χ3v) is 3.31. The summed E-state index contributed by atoms with van der Waals surface area (Å²) < 4.78 is 5.33. The molecule has 0 saturated carbocycles. The van der Waals surface area contributed by atoms with Crippen molar-refractivity contribution in [2.24, 2.45) is 11.5 Å². The summed E-state index contributed by atoms with van der Waals surface area (Å²) in [6, 6.07) is 7.51. The van der Waals surface area contributed by atoms with Crippen LogP contribution in [0.25, 0.3) is 0 Å². The number of carbonyl (C=O) groups excluding carboxylic acids is 1. The first-order valence-corrected chi connectivity index (χ1v) is 6.32. The van der Waals surface area contributed by atoms with Gasteiger partial charge in [0.1, 0.15) is 5.75 Å². The van der Waals surface area contributed by atoms with Crippen LogP contribution in [-0.4, -0.2) is 43.6 Å². The zero-order valence-corrected chi connectivity index (χ0v) is 11.8. The first kappa shape index (κ1) is 15.5. The third kappa shape index (κ3) is 4.54. The number of methoxy groups -OCH3 is 1. The summed E-state index contributed by atoms with van der Waals surface area (Å²) in [7, 11) is 3.60. The Morgan fingerprint density at radius 1 is 1.42 bits per heavy atom. The molecule has 1 rings (SSSR count). The number of hydrogen-bond acceptors (Lipinski definition) is 4. The molecular weight excluding hydrogens is 242 g/mol. The van der Waals surface area contributed by atoms with Gasteiger partial charge in [0.2, 0.25) is 5.91 Å². The lowest BCUT2D eigenvalue weighted by molar-refractivity contribution is -0.119. The highest BCUT2D eigenvalue weighted by Crippen LogP contribution is 2.20. The van der Waals surface area contributed by atoms with Gasteiger partial charge in [-0.15, -0.1) is 0 Å². The summed E-state index contributed by atoms with van der Waals surface area (Å²) in [6.45, 7) is 2.53. The molecule has 0 aliphatic heterocycles. The van der Waals surface area contributed by atoms with Gasteiger partial charge in [0.15, 0.2) is 0 Å². The molecule has 5 nitrogen and oxygen atoms in total. The maximum absolute atomic E-state index is 11.0. The van der Waals surface area contributed by atoms with Crippen molar-refractivity contribution >= 4 is 5.91 Å². The standard InChI is InChI=1S/C14H23N3O2/c1-10(17(2)9-12(15)14(16)18)8-11-6-4-5-7-13(11)19-3/h4-7,10,12H,8-9,15H2,1-3H3,(H2,16,18). The smallest absolute Gasteiger partial charge is 0.235 e. The van der Waals surface area contributed by atoms with Gasteiger partial charge in [-0.05, 0) is 32.0 Å². The van der Waals surface area contributed by atoms with Gasteiger partial charge in [-0.2, -0.15) is 0 Å². The van der Waals surface area contributed by atoms with Gasteiger partial charge in [-0.25, -0.2) is 0 Å². The monoisotopic (exact) mass is 265 g/mol. The normalized spacial score (nSPS) is 14.2. The first-order chi connectivity index (χ1) is 8.95. The van der Waals surface area contributed by atoms with Crippen molar-refractivity contribution in [3.05, 3.63) is 29.8 Å². The molecule has 0 bridgehead atoms. The number of nitrogens with zero attached hydrogens (tertiary/aromatic N) is 1. The van der Waals surface area contributed by atoms with Gasteiger partial charge in [0.05, 0.1) is 13.2 Å². The Labute approximate surface area is 114 Å². The lowest BCUT2D eigenvalue weighted by Crippen LogP contribution is -2.47. The van der Waals surface area contributed by atoms with Crippen LogP contribution in [0.4, 0.5) is 0 Å². The zero-order chi connectivity index (χ0) is 14.4. The maximum atomic E-state index is 11.0. The molecule has 0 aromatic heterocycles. The van der Waals surface area contributed by atoms with Gasteiger partial charge in [-0.3, -0.25) is 4.79 Å². The van der Waals surface area contributed by atoms with Crippen LogP contribution in [0.5, 0.6) is 5.75 Å². The number of benzene rings is 1. The Hall–Kier alpha value is -1.59. The van der Waals surface area contributed by atoms with E-state index in [1.807, 2.05) is 36.2 Å². The molecule has 0 aliphatic carbocycles. The number of carbonyl (C=O) groups is 1. The molecule has 0 heterocycles. The number of nitrogens with two attached hydrogens (primary N) is 2. The highest BCUT2D eigenvalue weighted by molar-refractivity contribution is 5.79. The highest BCUT2D eigenvalue weighted by atomic mass is 16.5. The van der Waals surface area contributed by atoms with E-state index in [0.29, 0.717) is 6.54 Å². The fourth-order valence-corrected chi connectivity index (χ4v) is 1.93. The van der Waals surface area contributed by atoms with Crippen LogP contribution in [0.1, 0.15) is 12.5 Å². The van der Waals surface area contributed by atoms with E-state index in [-0.39, 0.29) is 6.04 Å². The fourth-order valence-electron chi connectivity index (χ4n) is 1.93. The molecule has 0 fully saturated rings. The van der Waals surface area contributed by atoms with Crippen LogP contribution in [0.15, 0.2) is 24.3 Å². The molecule has 0 aliphatic rings. The van der Waals surface area contributed by atoms with Crippen LogP contribution < -0.4 is 16.2 Å². The summed E-state index contributed by atoms with van der Waals surface area (Å²) in [5.41, 5.74) is 12.0. The Morgan fingerprint density at radius 2 is 2.05 bits per heavy atom. The molecule has 0 saturated heterocycles. The highest BCUT2D eigenvalue weighted by Gasteiger charge is 2.17. The second-order valence-corrected chi connectivity index (χ2v) is 4.81. The molecule has 106 valence electrons. The van der Waals surface area contributed by atoms with Gasteiger partial charge in [-0.1, -0.05) is 18.2 Å². The largest absolute Gasteiger partial charge is 0.496 e. The molecule has 0 radical (unpaired) electrons. The van der Waals surface area contributed by atoms with E-state index in [0.717, 1.165) is 17.7 Å². The molecule has 1 amide bonds. The van der Waals surface area contributed by atoms with Crippen molar-refractivity contribution in [3.8, 4) is 5.75 Å². The van der Waals surface area contributed by atoms with Crippen LogP contribution in [0.2, 0.25) is 0 Å². The SMILES string of the molecule is COc1ccccc1CC(C)N(C)CC(N)C(N)=O. The van der Waals surface area contributed by atoms with Gasteiger partial charge < -0.3 is 21.1 Å². The number of amides is 1. The fraction of sp³-hybridized carbons (Fsp3) is 0.500. The van der Waals surface area contributed by atoms with Gasteiger partial charge >= 0.3 is 0 Å². The van der Waals surface area contributed by atoms with Crippen molar-refractivity contribution in [3.63, 3.8) is 0 Å². The third-order valence-electron chi connectivity index (χ3n) is 3.31. The van der Waals surface area contributed by atoms with E-state index in [1.54, 1.807) is 7.11 Å². The minimum Gasteiger partial charge on any atom is -0.496 e. The molecule has 4 N–H and O–H groups in total. The van der Waals surface area contributed by atoms with Crippen molar-refractivity contribution in [1.82, 2.24) is 4.90 Å². The molecule has 0 spiro atoms. The van der Waals surface area contributed by atoms with E-state index in [1.165, 1.54) is 0 Å². The predicted molar refractivity (Wildman–Crippen MR) is 76.0 cm³/mol. The summed E-state index contributed by atoms with van der Waals surface area (Å²) >= 11 is 0. The Morgan fingerprint density at radius 3 is 2.63 bits per heavy atom. The number of para-hydroxylation sites is 1. The van der Waals surface area contributed by atoms with Crippen molar-refractivity contribution in [2.45, 2.75) is 25.4 Å². The Balaban J connectivity index is 2.63. The van der Waals surface area contributed by atoms with Crippen molar-refractivity contribution < 1.29 is 9.53 Å². The second kappa shape index (κ2) is 7.11. The van der Waals surface area contributed by atoms with E-state index in [4.69, 9.17) is 16.2 Å². The van der Waals surface area contributed by atoms with Crippen molar-refractivity contribution in [2.75, 3.05) is 20.7 Å². The lowest BCUT2D eigenvalue weighted by Gasteiger charge is -2.27. The summed E-state index contributed by atoms with van der Waals surface area (Å²) in [5.74, 6) is 0.401. The first-order valence-electron chi connectivity index (χ1n) is 6.32. The Kier molecular flexibility index (Phi) is 5.79. The number of rotatable bonds is 7. The Bertz CT molecular complexity index is 423. The average molecular weight is 265 g/mol. The van der Waals surface area contributed by atoms with E-state index in [9.17, 15) is 4.79 Å². The maximum Gasteiger partial charge on any atom is 0.235 e. The molecule has 19 heavy (non-hydrogen) atoms. The van der Waals surface area contributed by atoms with Crippen LogP contribution in [0.3, 0.4) is 0 Å². The van der Waals surface area contributed by atoms with Crippen LogP contribution >= 0.6 is 0 Å².